The van der Waals surface area contributed by atoms with Crippen LogP contribution >= 0.6 is 11.6 Å². The van der Waals surface area contributed by atoms with Crippen molar-refractivity contribution in [2.45, 2.75) is 18.9 Å². The maximum Gasteiger partial charge on any atom is 0.258 e. The van der Waals surface area contributed by atoms with Gasteiger partial charge >= 0.3 is 0 Å². The monoisotopic (exact) mass is 406 g/mol. The van der Waals surface area contributed by atoms with E-state index in [0.29, 0.717) is 35.8 Å². The van der Waals surface area contributed by atoms with Crippen LogP contribution in [0.25, 0.3) is 11.1 Å². The van der Waals surface area contributed by atoms with Crippen molar-refractivity contribution in [2.24, 2.45) is 5.92 Å². The van der Waals surface area contributed by atoms with Crippen molar-refractivity contribution in [1.82, 2.24) is 19.4 Å². The van der Waals surface area contributed by atoms with Gasteiger partial charge in [-0.2, -0.15) is 0 Å². The normalized spacial score (nSPS) is 20.2. The minimum Gasteiger partial charge on any atom is -0.338 e. The number of fused-ring (bicyclic) bond motifs is 4. The van der Waals surface area contributed by atoms with Crippen molar-refractivity contribution < 1.29 is 4.79 Å². The van der Waals surface area contributed by atoms with Crippen LogP contribution < -0.4 is 5.56 Å². The lowest BCUT2D eigenvalue weighted by Crippen LogP contribution is -2.49. The zero-order chi connectivity index (χ0) is 20.0. The highest BCUT2D eigenvalue weighted by Gasteiger charge is 2.37. The second-order valence-electron chi connectivity index (χ2n) is 7.73. The average molecular weight is 407 g/mol. The number of carbonyl (C=O) groups is 1. The minimum absolute atomic E-state index is 0.0239. The summed E-state index contributed by atoms with van der Waals surface area (Å²) in [6.07, 6.45) is 5.52. The Kier molecular flexibility index (Phi) is 4.43. The summed E-state index contributed by atoms with van der Waals surface area (Å²) in [5.41, 5.74) is 3.08. The van der Waals surface area contributed by atoms with Gasteiger partial charge in [0, 0.05) is 54.2 Å². The summed E-state index contributed by atoms with van der Waals surface area (Å²) in [6, 6.07) is 11.3. The van der Waals surface area contributed by atoms with Crippen molar-refractivity contribution in [2.75, 3.05) is 13.1 Å². The Labute approximate surface area is 172 Å². The molecule has 2 aliphatic rings. The third-order valence-electron chi connectivity index (χ3n) is 5.85. The number of likely N-dealkylation sites (tertiary alicyclic amines) is 1. The lowest BCUT2D eigenvalue weighted by Gasteiger charge is -2.42. The molecule has 0 spiro atoms. The lowest BCUT2D eigenvalue weighted by molar-refractivity contribution is 0.0594. The molecule has 1 saturated heterocycles. The Morgan fingerprint density at radius 3 is 2.52 bits per heavy atom. The van der Waals surface area contributed by atoms with Gasteiger partial charge in [0.1, 0.15) is 6.33 Å². The van der Waals surface area contributed by atoms with Gasteiger partial charge in [-0.05, 0) is 42.2 Å². The molecule has 1 amide bonds. The van der Waals surface area contributed by atoms with Gasteiger partial charge in [-0.15, -0.1) is 0 Å². The molecule has 6 nitrogen and oxygen atoms in total. The van der Waals surface area contributed by atoms with Crippen LogP contribution in [0.5, 0.6) is 0 Å². The summed E-state index contributed by atoms with van der Waals surface area (Å²) in [5, 5.41) is 0.648. The number of nitrogens with zero attached hydrogens (tertiary/aromatic N) is 4. The zero-order valence-electron chi connectivity index (χ0n) is 15.7. The Morgan fingerprint density at radius 2 is 1.76 bits per heavy atom. The van der Waals surface area contributed by atoms with E-state index in [0.717, 1.165) is 17.7 Å². The summed E-state index contributed by atoms with van der Waals surface area (Å²) in [7, 11) is 0. The molecule has 5 rings (SSSR count). The number of hydrogen-bond acceptors (Lipinski definition) is 4. The molecule has 0 unspecified atom stereocenters. The Balaban J connectivity index is 1.46. The second kappa shape index (κ2) is 7.12. The van der Waals surface area contributed by atoms with Gasteiger partial charge in [0.25, 0.3) is 11.5 Å². The molecule has 0 radical (unpaired) electrons. The van der Waals surface area contributed by atoms with E-state index in [1.54, 1.807) is 24.5 Å². The Hall–Kier alpha value is -2.99. The molecule has 2 atom stereocenters. The van der Waals surface area contributed by atoms with Crippen molar-refractivity contribution >= 4 is 17.5 Å². The molecule has 2 bridgehead atoms. The van der Waals surface area contributed by atoms with Gasteiger partial charge in [0.2, 0.25) is 0 Å². The van der Waals surface area contributed by atoms with Gasteiger partial charge in [-0.1, -0.05) is 23.7 Å². The molecular formula is C22H19ClN4O2. The van der Waals surface area contributed by atoms with Crippen LogP contribution in [0.4, 0.5) is 0 Å². The topological polar surface area (TPSA) is 68.1 Å². The SMILES string of the molecule is O=C(c1cncnc1)N1C[C@H]2C[C@H](C1)c1ccc(-c3ccc(Cl)cc3)c(=O)n1C2. The highest BCUT2D eigenvalue weighted by atomic mass is 35.5. The first-order valence-electron chi connectivity index (χ1n) is 9.64. The van der Waals surface area contributed by atoms with Crippen molar-refractivity contribution in [3.8, 4) is 11.1 Å². The number of amides is 1. The summed E-state index contributed by atoms with van der Waals surface area (Å²) in [6.45, 7) is 1.87. The summed E-state index contributed by atoms with van der Waals surface area (Å²) in [5.74, 6) is 0.366. The van der Waals surface area contributed by atoms with Gasteiger partial charge < -0.3 is 9.47 Å². The number of carbonyl (C=O) groups excluding carboxylic acids is 1. The molecule has 29 heavy (non-hydrogen) atoms. The highest BCUT2D eigenvalue weighted by Crippen LogP contribution is 2.36. The van der Waals surface area contributed by atoms with Crippen LogP contribution in [-0.2, 0) is 6.54 Å². The Bertz CT molecular complexity index is 1130. The van der Waals surface area contributed by atoms with Crippen molar-refractivity contribution in [3.05, 3.63) is 81.8 Å². The smallest absolute Gasteiger partial charge is 0.258 e. The average Bonchev–Trinajstić information content (AvgIpc) is 2.75. The number of rotatable bonds is 2. The van der Waals surface area contributed by atoms with Crippen LogP contribution in [0, 0.1) is 5.92 Å². The largest absolute Gasteiger partial charge is 0.338 e. The zero-order valence-corrected chi connectivity index (χ0v) is 16.4. The van der Waals surface area contributed by atoms with Gasteiger partial charge in [0.15, 0.2) is 0 Å². The van der Waals surface area contributed by atoms with Crippen LogP contribution in [0.2, 0.25) is 5.02 Å². The summed E-state index contributed by atoms with van der Waals surface area (Å²) >= 11 is 5.98. The molecule has 4 heterocycles. The molecule has 0 N–H and O–H groups in total. The molecule has 7 heteroatoms. The molecule has 146 valence electrons. The third-order valence-corrected chi connectivity index (χ3v) is 6.11. The first-order valence-corrected chi connectivity index (χ1v) is 10.0. The quantitative estimate of drug-likeness (QED) is 0.655. The molecule has 2 aromatic heterocycles. The van der Waals surface area contributed by atoms with E-state index in [9.17, 15) is 9.59 Å². The molecule has 2 aliphatic heterocycles. The van der Waals surface area contributed by atoms with E-state index >= 15 is 0 Å². The number of aromatic nitrogens is 3. The van der Waals surface area contributed by atoms with E-state index in [1.807, 2.05) is 33.7 Å². The molecule has 0 aliphatic carbocycles. The maximum atomic E-state index is 13.2. The first-order chi connectivity index (χ1) is 14.1. The van der Waals surface area contributed by atoms with E-state index < -0.39 is 0 Å². The molecule has 3 aromatic rings. The standard InChI is InChI=1S/C22H19ClN4O2/c23-18-3-1-15(2-4-18)19-5-6-20-16-7-14(11-27(20)22(19)29)10-26(12-16)21(28)17-8-24-13-25-9-17/h1-6,8-9,13-14,16H,7,10-12H2/t14-,16-/m1/s1. The number of hydrogen-bond donors (Lipinski definition) is 0. The molecular weight excluding hydrogens is 388 g/mol. The van der Waals surface area contributed by atoms with Crippen LogP contribution in [0.3, 0.4) is 0 Å². The van der Waals surface area contributed by atoms with Gasteiger partial charge in [0.05, 0.1) is 5.56 Å². The molecule has 1 aromatic carbocycles. The van der Waals surface area contributed by atoms with E-state index in [4.69, 9.17) is 11.6 Å². The summed E-state index contributed by atoms with van der Waals surface area (Å²) in [4.78, 5) is 35.8. The predicted molar refractivity (Wildman–Crippen MR) is 110 cm³/mol. The number of piperidine rings is 1. The van der Waals surface area contributed by atoms with Crippen LogP contribution in [0.1, 0.15) is 28.4 Å². The van der Waals surface area contributed by atoms with Crippen LogP contribution in [0.15, 0.2) is 59.9 Å². The fourth-order valence-electron chi connectivity index (χ4n) is 4.55. The predicted octanol–water partition coefficient (Wildman–Crippen LogP) is 3.22. The maximum absolute atomic E-state index is 13.2. The Morgan fingerprint density at radius 1 is 1.00 bits per heavy atom. The lowest BCUT2D eigenvalue weighted by atomic mass is 9.82. The molecule has 1 fully saturated rings. The number of halogens is 1. The van der Waals surface area contributed by atoms with Crippen LogP contribution in [-0.4, -0.2) is 38.4 Å². The van der Waals surface area contributed by atoms with Gasteiger partial charge in [-0.25, -0.2) is 9.97 Å². The molecule has 0 saturated carbocycles. The summed E-state index contributed by atoms with van der Waals surface area (Å²) < 4.78 is 1.90. The van der Waals surface area contributed by atoms with Crippen molar-refractivity contribution in [1.29, 1.82) is 0 Å². The third kappa shape index (κ3) is 3.23. The fourth-order valence-corrected chi connectivity index (χ4v) is 4.68. The van der Waals surface area contributed by atoms with Crippen molar-refractivity contribution in [3.63, 3.8) is 0 Å². The number of benzene rings is 1. The first kappa shape index (κ1) is 18.1. The van der Waals surface area contributed by atoms with E-state index in [2.05, 4.69) is 9.97 Å². The second-order valence-corrected chi connectivity index (χ2v) is 8.17. The van der Waals surface area contributed by atoms with E-state index in [-0.39, 0.29) is 23.3 Å². The van der Waals surface area contributed by atoms with Gasteiger partial charge in [-0.3, -0.25) is 9.59 Å². The number of pyridine rings is 1. The fraction of sp³-hybridized carbons (Fsp3) is 0.273. The van der Waals surface area contributed by atoms with E-state index in [1.165, 1.54) is 6.33 Å². The minimum atomic E-state index is -0.0473. The highest BCUT2D eigenvalue weighted by molar-refractivity contribution is 6.30.